The lowest BCUT2D eigenvalue weighted by Crippen LogP contribution is -2.14. The Morgan fingerprint density at radius 1 is 1.04 bits per heavy atom. The molecule has 0 saturated heterocycles. The quantitative estimate of drug-likeness (QED) is 0.485. The molecule has 4 aromatic rings. The van der Waals surface area contributed by atoms with Crippen LogP contribution < -0.4 is 10.6 Å². The fourth-order valence-corrected chi connectivity index (χ4v) is 2.70. The number of carbonyl (C=O) groups is 1. The van der Waals surface area contributed by atoms with Gasteiger partial charge in [0.2, 0.25) is 11.7 Å². The number of benzene rings is 2. The van der Waals surface area contributed by atoms with Gasteiger partial charge in [0, 0.05) is 16.4 Å². The second kappa shape index (κ2) is 7.98. The van der Waals surface area contributed by atoms with Crippen molar-refractivity contribution in [3.63, 3.8) is 0 Å². The standard InChI is InChI=1S/C20H15ClN4O3/c21-13-7-9-14(10-8-13)23-20(26)15-4-1-2-5-16(15)22-12-18-24-19(25-28-18)17-6-3-11-27-17/h1-11,22H,12H2,(H,23,26). The summed E-state index contributed by atoms with van der Waals surface area (Å²) in [7, 11) is 0. The number of hydrogen-bond donors (Lipinski definition) is 2. The molecule has 0 saturated carbocycles. The highest BCUT2D eigenvalue weighted by Gasteiger charge is 2.14. The molecular formula is C20H15ClN4O3. The highest BCUT2D eigenvalue weighted by Crippen LogP contribution is 2.20. The van der Waals surface area contributed by atoms with Crippen LogP contribution in [0.5, 0.6) is 0 Å². The zero-order valence-electron chi connectivity index (χ0n) is 14.6. The Morgan fingerprint density at radius 3 is 2.64 bits per heavy atom. The molecular weight excluding hydrogens is 380 g/mol. The first-order valence-electron chi connectivity index (χ1n) is 8.45. The number of furan rings is 1. The third-order valence-electron chi connectivity index (χ3n) is 3.91. The number of nitrogens with one attached hydrogen (secondary N) is 2. The number of amides is 1. The van der Waals surface area contributed by atoms with E-state index in [1.807, 2.05) is 6.07 Å². The molecule has 2 heterocycles. The van der Waals surface area contributed by atoms with E-state index in [0.29, 0.717) is 39.4 Å². The third-order valence-corrected chi connectivity index (χ3v) is 4.17. The summed E-state index contributed by atoms with van der Waals surface area (Å²) in [5.41, 5.74) is 1.79. The largest absolute Gasteiger partial charge is 0.461 e. The highest BCUT2D eigenvalue weighted by molar-refractivity contribution is 6.30. The third kappa shape index (κ3) is 4.05. The van der Waals surface area contributed by atoms with Gasteiger partial charge < -0.3 is 19.6 Å². The Kier molecular flexibility index (Phi) is 5.07. The van der Waals surface area contributed by atoms with Crippen molar-refractivity contribution in [2.75, 3.05) is 10.6 Å². The van der Waals surface area contributed by atoms with Crippen molar-refractivity contribution in [1.82, 2.24) is 10.1 Å². The molecule has 2 aromatic carbocycles. The molecule has 2 N–H and O–H groups in total. The highest BCUT2D eigenvalue weighted by atomic mass is 35.5. The maximum atomic E-state index is 12.6. The van der Waals surface area contributed by atoms with Crippen LogP contribution in [0.1, 0.15) is 16.2 Å². The Bertz CT molecular complexity index is 1080. The molecule has 0 unspecified atom stereocenters. The first kappa shape index (κ1) is 17.8. The first-order chi connectivity index (χ1) is 13.7. The van der Waals surface area contributed by atoms with Crippen molar-refractivity contribution in [1.29, 1.82) is 0 Å². The lowest BCUT2D eigenvalue weighted by molar-refractivity contribution is 0.102. The van der Waals surface area contributed by atoms with Gasteiger partial charge in [-0.1, -0.05) is 28.9 Å². The fourth-order valence-electron chi connectivity index (χ4n) is 2.57. The van der Waals surface area contributed by atoms with Crippen molar-refractivity contribution in [2.24, 2.45) is 0 Å². The number of aromatic nitrogens is 2. The molecule has 0 aliphatic rings. The summed E-state index contributed by atoms with van der Waals surface area (Å²) >= 11 is 5.88. The minimum atomic E-state index is -0.243. The molecule has 0 bridgehead atoms. The normalized spacial score (nSPS) is 10.6. The molecule has 7 nitrogen and oxygen atoms in total. The van der Waals surface area contributed by atoms with Crippen LogP contribution in [0.15, 0.2) is 75.9 Å². The summed E-state index contributed by atoms with van der Waals surface area (Å²) in [6.45, 7) is 0.263. The van der Waals surface area contributed by atoms with Gasteiger partial charge in [-0.25, -0.2) is 0 Å². The van der Waals surface area contributed by atoms with Crippen molar-refractivity contribution >= 4 is 28.9 Å². The Morgan fingerprint density at radius 2 is 1.86 bits per heavy atom. The van der Waals surface area contributed by atoms with Crippen LogP contribution >= 0.6 is 11.6 Å². The number of rotatable bonds is 6. The number of carbonyl (C=O) groups excluding carboxylic acids is 1. The number of anilines is 2. The summed E-state index contributed by atoms with van der Waals surface area (Å²) in [5, 5.41) is 10.5. The van der Waals surface area contributed by atoms with Gasteiger partial charge in [0.1, 0.15) is 0 Å². The van der Waals surface area contributed by atoms with E-state index < -0.39 is 0 Å². The zero-order chi connectivity index (χ0) is 19.3. The molecule has 0 atom stereocenters. The van der Waals surface area contributed by atoms with E-state index in [4.69, 9.17) is 20.5 Å². The van der Waals surface area contributed by atoms with Crippen molar-refractivity contribution in [3.05, 3.63) is 83.4 Å². The van der Waals surface area contributed by atoms with Crippen molar-refractivity contribution in [2.45, 2.75) is 6.54 Å². The monoisotopic (exact) mass is 394 g/mol. The van der Waals surface area contributed by atoms with Crippen LogP contribution in [0.4, 0.5) is 11.4 Å². The molecule has 2 aromatic heterocycles. The van der Waals surface area contributed by atoms with E-state index in [1.165, 1.54) is 0 Å². The van der Waals surface area contributed by atoms with Gasteiger partial charge in [-0.2, -0.15) is 4.98 Å². The predicted molar refractivity (Wildman–Crippen MR) is 105 cm³/mol. The van der Waals surface area contributed by atoms with E-state index in [9.17, 15) is 4.79 Å². The molecule has 0 aliphatic heterocycles. The Balaban J connectivity index is 1.45. The first-order valence-corrected chi connectivity index (χ1v) is 8.83. The molecule has 0 radical (unpaired) electrons. The zero-order valence-corrected chi connectivity index (χ0v) is 15.3. The van der Waals surface area contributed by atoms with E-state index in [0.717, 1.165) is 0 Å². The number of halogens is 1. The second-order valence-electron chi connectivity index (χ2n) is 5.85. The van der Waals surface area contributed by atoms with Crippen LogP contribution in [0.3, 0.4) is 0 Å². The SMILES string of the molecule is O=C(Nc1ccc(Cl)cc1)c1ccccc1NCc1nc(-c2ccco2)no1. The van der Waals surface area contributed by atoms with Gasteiger partial charge >= 0.3 is 0 Å². The van der Waals surface area contributed by atoms with E-state index in [-0.39, 0.29) is 12.5 Å². The summed E-state index contributed by atoms with van der Waals surface area (Å²) in [6, 6.07) is 17.6. The molecule has 0 aliphatic carbocycles. The van der Waals surface area contributed by atoms with Crippen molar-refractivity contribution in [3.8, 4) is 11.6 Å². The van der Waals surface area contributed by atoms with Gasteiger partial charge in [0.05, 0.1) is 18.4 Å². The van der Waals surface area contributed by atoms with Crippen LogP contribution in [-0.2, 0) is 6.54 Å². The second-order valence-corrected chi connectivity index (χ2v) is 6.29. The lowest BCUT2D eigenvalue weighted by atomic mass is 10.1. The Labute approximate surface area is 165 Å². The average Bonchev–Trinajstić information content (AvgIpc) is 3.40. The molecule has 1 amide bonds. The summed E-state index contributed by atoms with van der Waals surface area (Å²) in [6.07, 6.45) is 1.54. The maximum Gasteiger partial charge on any atom is 0.257 e. The van der Waals surface area contributed by atoms with Gasteiger partial charge in [0.25, 0.3) is 5.91 Å². The van der Waals surface area contributed by atoms with Gasteiger partial charge in [-0.15, -0.1) is 0 Å². The molecule has 0 fully saturated rings. The van der Waals surface area contributed by atoms with Crippen LogP contribution in [0.25, 0.3) is 11.6 Å². The Hall–Kier alpha value is -3.58. The topological polar surface area (TPSA) is 93.2 Å². The minimum Gasteiger partial charge on any atom is -0.461 e. The predicted octanol–water partition coefficient (Wildman–Crippen LogP) is 4.85. The lowest BCUT2D eigenvalue weighted by Gasteiger charge is -2.11. The minimum absolute atomic E-state index is 0.243. The number of hydrogen-bond acceptors (Lipinski definition) is 6. The summed E-state index contributed by atoms with van der Waals surface area (Å²) < 4.78 is 10.5. The molecule has 4 rings (SSSR count). The van der Waals surface area contributed by atoms with Gasteiger partial charge in [-0.3, -0.25) is 4.79 Å². The van der Waals surface area contributed by atoms with E-state index in [2.05, 4.69) is 20.8 Å². The smallest absolute Gasteiger partial charge is 0.257 e. The maximum absolute atomic E-state index is 12.6. The van der Waals surface area contributed by atoms with Gasteiger partial charge in [-0.05, 0) is 48.5 Å². The number of para-hydroxylation sites is 1. The van der Waals surface area contributed by atoms with Crippen LogP contribution in [0.2, 0.25) is 5.02 Å². The van der Waals surface area contributed by atoms with E-state index in [1.54, 1.807) is 60.9 Å². The van der Waals surface area contributed by atoms with Crippen LogP contribution in [0, 0.1) is 0 Å². The molecule has 140 valence electrons. The molecule has 8 heteroatoms. The fraction of sp³-hybridized carbons (Fsp3) is 0.0500. The summed E-state index contributed by atoms with van der Waals surface area (Å²) in [4.78, 5) is 16.9. The van der Waals surface area contributed by atoms with Crippen molar-refractivity contribution < 1.29 is 13.7 Å². The van der Waals surface area contributed by atoms with Crippen LogP contribution in [-0.4, -0.2) is 16.0 Å². The van der Waals surface area contributed by atoms with E-state index >= 15 is 0 Å². The molecule has 28 heavy (non-hydrogen) atoms. The number of nitrogens with zero attached hydrogens (tertiary/aromatic N) is 2. The average molecular weight is 395 g/mol. The summed E-state index contributed by atoms with van der Waals surface area (Å²) in [5.74, 6) is 1.03. The molecule has 0 spiro atoms. The van der Waals surface area contributed by atoms with Gasteiger partial charge in [0.15, 0.2) is 5.76 Å².